The van der Waals surface area contributed by atoms with Crippen molar-refractivity contribution in [2.45, 2.75) is 58.7 Å². The van der Waals surface area contributed by atoms with Gasteiger partial charge in [0.25, 0.3) is 0 Å². The van der Waals surface area contributed by atoms with Crippen LogP contribution < -0.4 is 4.90 Å². The number of aliphatic hydroxyl groups is 1. The van der Waals surface area contributed by atoms with E-state index in [9.17, 15) is 9.90 Å². The molecule has 1 aromatic heterocycles. The van der Waals surface area contributed by atoms with E-state index in [-0.39, 0.29) is 5.91 Å². The zero-order chi connectivity index (χ0) is 15.6. The van der Waals surface area contributed by atoms with Gasteiger partial charge < -0.3 is 5.11 Å². The highest BCUT2D eigenvalue weighted by Gasteiger charge is 2.33. The maximum absolute atomic E-state index is 11.8. The molecule has 0 spiro atoms. The minimum atomic E-state index is -0.714. The molecule has 0 atom stereocenters. The van der Waals surface area contributed by atoms with Crippen LogP contribution in [0.4, 0.5) is 5.13 Å². The van der Waals surface area contributed by atoms with Crippen molar-refractivity contribution in [1.29, 1.82) is 0 Å². The molecule has 1 saturated carbocycles. The second kappa shape index (κ2) is 6.42. The molecule has 0 aromatic carbocycles. The minimum Gasteiger partial charge on any atom is -0.389 e. The number of aromatic nitrogens is 1. The van der Waals surface area contributed by atoms with Gasteiger partial charge in [0, 0.05) is 31.4 Å². The third kappa shape index (κ3) is 4.76. The number of carbonyl (C=O) groups excluding carboxylic acids is 1. The van der Waals surface area contributed by atoms with Gasteiger partial charge in [-0.05, 0) is 33.2 Å². The van der Waals surface area contributed by atoms with Crippen molar-refractivity contribution in [2.75, 3.05) is 18.0 Å². The van der Waals surface area contributed by atoms with Crippen molar-refractivity contribution in [3.8, 4) is 0 Å². The summed E-state index contributed by atoms with van der Waals surface area (Å²) in [5.74, 6) is 0.0715. The molecule has 1 N–H and O–H groups in total. The Morgan fingerprint density at radius 1 is 1.52 bits per heavy atom. The molecule has 1 aliphatic rings. The largest absolute Gasteiger partial charge is 0.389 e. The SMILES string of the molecule is CCN(Cc1csc(N(C(C)=O)C2CC2)n1)CC(C)(C)O. The number of thiazole rings is 1. The summed E-state index contributed by atoms with van der Waals surface area (Å²) in [4.78, 5) is 20.3. The second-order valence-electron chi connectivity index (χ2n) is 6.36. The highest BCUT2D eigenvalue weighted by atomic mass is 32.1. The first-order valence-electron chi connectivity index (χ1n) is 7.49. The molecular weight excluding hydrogens is 286 g/mol. The van der Waals surface area contributed by atoms with Gasteiger partial charge in [-0.25, -0.2) is 4.98 Å². The fourth-order valence-electron chi connectivity index (χ4n) is 2.42. The minimum absolute atomic E-state index is 0.0715. The molecule has 0 radical (unpaired) electrons. The van der Waals surface area contributed by atoms with Crippen molar-refractivity contribution in [3.63, 3.8) is 0 Å². The zero-order valence-electron chi connectivity index (χ0n) is 13.3. The lowest BCUT2D eigenvalue weighted by molar-refractivity contribution is -0.116. The van der Waals surface area contributed by atoms with Crippen LogP contribution in [0.5, 0.6) is 0 Å². The summed E-state index contributed by atoms with van der Waals surface area (Å²) in [5.41, 5.74) is 0.252. The molecule has 1 heterocycles. The Bertz CT molecular complexity index is 491. The molecule has 0 saturated heterocycles. The quantitative estimate of drug-likeness (QED) is 0.839. The van der Waals surface area contributed by atoms with Gasteiger partial charge in [0.05, 0.1) is 11.3 Å². The Kier molecular flexibility index (Phi) is 5.01. The molecule has 1 aromatic rings. The third-order valence-electron chi connectivity index (χ3n) is 3.44. The van der Waals surface area contributed by atoms with E-state index in [0.717, 1.165) is 30.2 Å². The molecule has 1 amide bonds. The Morgan fingerprint density at radius 2 is 2.19 bits per heavy atom. The first kappa shape index (κ1) is 16.4. The first-order valence-corrected chi connectivity index (χ1v) is 8.37. The van der Waals surface area contributed by atoms with Crippen LogP contribution in [0.3, 0.4) is 0 Å². The molecule has 5 nitrogen and oxygen atoms in total. The van der Waals surface area contributed by atoms with Gasteiger partial charge in [0.2, 0.25) is 5.91 Å². The number of likely N-dealkylation sites (N-methyl/N-ethyl adjacent to an activating group) is 1. The van der Waals surface area contributed by atoms with Gasteiger partial charge in [-0.3, -0.25) is 14.6 Å². The van der Waals surface area contributed by atoms with Crippen molar-refractivity contribution in [2.24, 2.45) is 0 Å². The Morgan fingerprint density at radius 3 is 2.67 bits per heavy atom. The summed E-state index contributed by atoms with van der Waals surface area (Å²) in [6.07, 6.45) is 2.16. The number of nitrogens with zero attached hydrogens (tertiary/aromatic N) is 3. The zero-order valence-corrected chi connectivity index (χ0v) is 14.1. The van der Waals surface area contributed by atoms with Crippen LogP contribution in [0.15, 0.2) is 5.38 Å². The average molecular weight is 311 g/mol. The first-order chi connectivity index (χ1) is 9.80. The predicted octanol–water partition coefficient (Wildman–Crippen LogP) is 2.25. The lowest BCUT2D eigenvalue weighted by Gasteiger charge is -2.27. The number of rotatable bonds is 7. The summed E-state index contributed by atoms with van der Waals surface area (Å²) in [6.45, 7) is 9.47. The van der Waals surface area contributed by atoms with Crippen LogP contribution in [-0.4, -0.2) is 45.6 Å². The molecule has 0 aliphatic heterocycles. The summed E-state index contributed by atoms with van der Waals surface area (Å²) in [7, 11) is 0. The van der Waals surface area contributed by atoms with E-state index in [1.54, 1.807) is 6.92 Å². The van der Waals surface area contributed by atoms with Gasteiger partial charge in [0.1, 0.15) is 0 Å². The van der Waals surface area contributed by atoms with Crippen LogP contribution >= 0.6 is 11.3 Å². The molecule has 118 valence electrons. The summed E-state index contributed by atoms with van der Waals surface area (Å²) < 4.78 is 0. The summed E-state index contributed by atoms with van der Waals surface area (Å²) >= 11 is 1.53. The number of carbonyl (C=O) groups is 1. The number of anilines is 1. The van der Waals surface area contributed by atoms with E-state index in [1.807, 2.05) is 24.1 Å². The van der Waals surface area contributed by atoms with Gasteiger partial charge in [0.15, 0.2) is 5.13 Å². The van der Waals surface area contributed by atoms with Crippen LogP contribution in [0.2, 0.25) is 0 Å². The monoisotopic (exact) mass is 311 g/mol. The van der Waals surface area contributed by atoms with Crippen LogP contribution in [0, 0.1) is 0 Å². The highest BCUT2D eigenvalue weighted by Crippen LogP contribution is 2.33. The lowest BCUT2D eigenvalue weighted by atomic mass is 10.1. The van der Waals surface area contributed by atoms with E-state index < -0.39 is 5.60 Å². The van der Waals surface area contributed by atoms with Crippen molar-refractivity contribution in [3.05, 3.63) is 11.1 Å². The van der Waals surface area contributed by atoms with Gasteiger partial charge in [-0.2, -0.15) is 0 Å². The summed E-state index contributed by atoms with van der Waals surface area (Å²) in [5, 5.41) is 12.8. The molecule has 0 unspecified atom stereocenters. The van der Waals surface area contributed by atoms with Crippen molar-refractivity contribution < 1.29 is 9.90 Å². The van der Waals surface area contributed by atoms with Crippen molar-refractivity contribution >= 4 is 22.4 Å². The van der Waals surface area contributed by atoms with E-state index in [1.165, 1.54) is 11.3 Å². The normalized spacial score (nSPS) is 15.5. The highest BCUT2D eigenvalue weighted by molar-refractivity contribution is 7.14. The number of amides is 1. The molecule has 0 bridgehead atoms. The van der Waals surface area contributed by atoms with E-state index in [4.69, 9.17) is 0 Å². The van der Waals surface area contributed by atoms with Gasteiger partial charge >= 0.3 is 0 Å². The molecule has 21 heavy (non-hydrogen) atoms. The Hall–Kier alpha value is -0.980. The van der Waals surface area contributed by atoms with Crippen LogP contribution in [0.25, 0.3) is 0 Å². The number of hydrogen-bond donors (Lipinski definition) is 1. The van der Waals surface area contributed by atoms with Crippen molar-refractivity contribution in [1.82, 2.24) is 9.88 Å². The third-order valence-corrected chi connectivity index (χ3v) is 4.33. The maximum Gasteiger partial charge on any atom is 0.225 e. The maximum atomic E-state index is 11.8. The van der Waals surface area contributed by atoms with Gasteiger partial charge in [-0.15, -0.1) is 11.3 Å². The van der Waals surface area contributed by atoms with E-state index >= 15 is 0 Å². The molecule has 1 aliphatic carbocycles. The van der Waals surface area contributed by atoms with Crippen LogP contribution in [-0.2, 0) is 11.3 Å². The smallest absolute Gasteiger partial charge is 0.225 e. The topological polar surface area (TPSA) is 56.7 Å². The number of hydrogen-bond acceptors (Lipinski definition) is 5. The fourth-order valence-corrected chi connectivity index (χ4v) is 3.35. The van der Waals surface area contributed by atoms with E-state index in [2.05, 4.69) is 16.8 Å². The standard InChI is InChI=1S/C15H25N3O2S/c1-5-17(10-15(3,4)20)8-12-9-21-14(16-12)18(11(2)19)13-6-7-13/h9,13,20H,5-8,10H2,1-4H3. The fraction of sp³-hybridized carbons (Fsp3) is 0.733. The Balaban J connectivity index is 2.03. The molecule has 1 fully saturated rings. The molecule has 6 heteroatoms. The van der Waals surface area contributed by atoms with Gasteiger partial charge in [-0.1, -0.05) is 6.92 Å². The average Bonchev–Trinajstić information content (AvgIpc) is 3.07. The Labute approximate surface area is 130 Å². The molecular formula is C15H25N3O2S. The molecule has 2 rings (SSSR count). The summed E-state index contributed by atoms with van der Waals surface area (Å²) in [6, 6.07) is 0.347. The predicted molar refractivity (Wildman–Crippen MR) is 85.5 cm³/mol. The lowest BCUT2D eigenvalue weighted by Crippen LogP contribution is -2.38. The van der Waals surface area contributed by atoms with Crippen LogP contribution in [0.1, 0.15) is 46.2 Å². The second-order valence-corrected chi connectivity index (χ2v) is 7.19. The van der Waals surface area contributed by atoms with E-state index in [0.29, 0.717) is 19.1 Å².